The zero-order chi connectivity index (χ0) is 10.7. The Hall–Kier alpha value is -0.670. The van der Waals surface area contributed by atoms with Gasteiger partial charge in [0.05, 0.1) is 4.99 Å². The van der Waals surface area contributed by atoms with E-state index in [0.29, 0.717) is 5.15 Å². The largest absolute Gasteiger partial charge is 0.362 e. The highest BCUT2D eigenvalue weighted by atomic mass is 35.5. The summed E-state index contributed by atoms with van der Waals surface area (Å²) in [5.74, 6) is 0. The van der Waals surface area contributed by atoms with Crippen LogP contribution in [-0.2, 0) is 6.54 Å². The van der Waals surface area contributed by atoms with Crippen molar-refractivity contribution in [2.75, 3.05) is 6.54 Å². The Morgan fingerprint density at radius 1 is 1.40 bits per heavy atom. The summed E-state index contributed by atoms with van der Waals surface area (Å²) in [5, 5.41) is 0.542. The number of aromatic nitrogens is 1. The molecule has 1 aromatic heterocycles. The van der Waals surface area contributed by atoms with Gasteiger partial charge in [0.1, 0.15) is 5.15 Å². The lowest BCUT2D eigenvalue weighted by Crippen LogP contribution is -2.33. The molecule has 1 aromatic rings. The van der Waals surface area contributed by atoms with Crippen molar-refractivity contribution in [1.82, 2.24) is 9.88 Å². The molecule has 0 bridgehead atoms. The van der Waals surface area contributed by atoms with Gasteiger partial charge in [-0.2, -0.15) is 0 Å². The minimum Gasteiger partial charge on any atom is -0.362 e. The van der Waals surface area contributed by atoms with E-state index in [1.807, 2.05) is 18.3 Å². The Balaban J connectivity index is 2.01. The summed E-state index contributed by atoms with van der Waals surface area (Å²) in [6, 6.07) is 3.83. The van der Waals surface area contributed by atoms with Crippen LogP contribution in [0.2, 0.25) is 5.15 Å². The molecule has 0 spiro atoms. The number of rotatable bonds is 2. The van der Waals surface area contributed by atoms with Gasteiger partial charge in [0.2, 0.25) is 0 Å². The monoisotopic (exact) mass is 240 g/mol. The van der Waals surface area contributed by atoms with Crippen molar-refractivity contribution in [3.8, 4) is 0 Å². The molecule has 1 fully saturated rings. The van der Waals surface area contributed by atoms with Gasteiger partial charge in [0, 0.05) is 19.3 Å². The lowest BCUT2D eigenvalue weighted by molar-refractivity contribution is 0.372. The molecule has 15 heavy (non-hydrogen) atoms. The van der Waals surface area contributed by atoms with Gasteiger partial charge < -0.3 is 4.90 Å². The average molecular weight is 241 g/mol. The zero-order valence-electron chi connectivity index (χ0n) is 8.45. The molecule has 4 heteroatoms. The second-order valence-electron chi connectivity index (χ2n) is 3.76. The summed E-state index contributed by atoms with van der Waals surface area (Å²) < 4.78 is 0. The van der Waals surface area contributed by atoms with Crippen molar-refractivity contribution in [3.63, 3.8) is 0 Å². The summed E-state index contributed by atoms with van der Waals surface area (Å²) in [7, 11) is 0. The average Bonchev–Trinajstić information content (AvgIpc) is 2.25. The quantitative estimate of drug-likeness (QED) is 0.584. The summed E-state index contributed by atoms with van der Waals surface area (Å²) in [4.78, 5) is 7.40. The lowest BCUT2D eigenvalue weighted by Gasteiger charge is -2.29. The van der Waals surface area contributed by atoms with Crippen LogP contribution in [0.25, 0.3) is 0 Å². The Morgan fingerprint density at radius 2 is 2.27 bits per heavy atom. The van der Waals surface area contributed by atoms with Gasteiger partial charge in [-0.05, 0) is 30.9 Å². The van der Waals surface area contributed by atoms with E-state index in [-0.39, 0.29) is 0 Å². The van der Waals surface area contributed by atoms with E-state index < -0.39 is 0 Å². The first-order chi connectivity index (χ1) is 7.25. The first-order valence-corrected chi connectivity index (χ1v) is 5.92. The number of nitrogens with zero attached hydrogens (tertiary/aromatic N) is 2. The molecule has 1 aliphatic rings. The number of pyridine rings is 1. The molecule has 0 aliphatic carbocycles. The molecule has 2 heterocycles. The molecule has 0 atom stereocenters. The molecule has 1 saturated heterocycles. The van der Waals surface area contributed by atoms with Crippen molar-refractivity contribution < 1.29 is 0 Å². The molecule has 80 valence electrons. The van der Waals surface area contributed by atoms with E-state index in [1.165, 1.54) is 18.4 Å². The van der Waals surface area contributed by atoms with Gasteiger partial charge in [-0.3, -0.25) is 0 Å². The molecule has 2 rings (SSSR count). The van der Waals surface area contributed by atoms with Crippen molar-refractivity contribution in [1.29, 1.82) is 0 Å². The topological polar surface area (TPSA) is 16.1 Å². The fraction of sp³-hybridized carbons (Fsp3) is 0.455. The molecule has 1 aliphatic heterocycles. The zero-order valence-corrected chi connectivity index (χ0v) is 10.0. The van der Waals surface area contributed by atoms with Crippen LogP contribution >= 0.6 is 23.8 Å². The number of halogens is 1. The Labute approximate surface area is 100 Å². The van der Waals surface area contributed by atoms with Crippen molar-refractivity contribution >= 4 is 28.8 Å². The number of thiocarbonyl (C=S) groups is 1. The van der Waals surface area contributed by atoms with E-state index in [9.17, 15) is 0 Å². The van der Waals surface area contributed by atoms with Gasteiger partial charge in [-0.25, -0.2) is 4.98 Å². The summed E-state index contributed by atoms with van der Waals surface area (Å²) in [5.41, 5.74) is 1.17. The standard InChI is InChI=1S/C11H13ClN2S/c12-10-5-4-9(7-13-10)8-14-6-2-1-3-11(14)15/h4-5,7H,1-3,6,8H2. The molecule has 0 unspecified atom stereocenters. The van der Waals surface area contributed by atoms with Crippen LogP contribution < -0.4 is 0 Å². The minimum atomic E-state index is 0.542. The molecular weight excluding hydrogens is 228 g/mol. The van der Waals surface area contributed by atoms with Crippen LogP contribution in [0.4, 0.5) is 0 Å². The van der Waals surface area contributed by atoms with Gasteiger partial charge in [0.25, 0.3) is 0 Å². The SMILES string of the molecule is S=C1CCCCN1Cc1ccc(Cl)nc1. The maximum atomic E-state index is 5.73. The Bertz CT molecular complexity index is 350. The maximum Gasteiger partial charge on any atom is 0.129 e. The van der Waals surface area contributed by atoms with Crippen LogP contribution in [-0.4, -0.2) is 21.4 Å². The third-order valence-corrected chi connectivity index (χ3v) is 3.27. The smallest absolute Gasteiger partial charge is 0.129 e. The molecule has 0 saturated carbocycles. The number of piperidine rings is 1. The van der Waals surface area contributed by atoms with Crippen molar-refractivity contribution in [2.45, 2.75) is 25.8 Å². The Morgan fingerprint density at radius 3 is 2.93 bits per heavy atom. The Kier molecular flexibility index (Phi) is 3.54. The molecular formula is C11H13ClN2S. The minimum absolute atomic E-state index is 0.542. The summed E-state index contributed by atoms with van der Waals surface area (Å²) >= 11 is 11.1. The first kappa shape index (κ1) is 10.8. The molecule has 2 nitrogen and oxygen atoms in total. The van der Waals surface area contributed by atoms with E-state index in [4.69, 9.17) is 23.8 Å². The second-order valence-corrected chi connectivity index (χ2v) is 4.62. The van der Waals surface area contributed by atoms with Crippen LogP contribution in [0.3, 0.4) is 0 Å². The van der Waals surface area contributed by atoms with E-state index in [1.54, 1.807) is 0 Å². The fourth-order valence-electron chi connectivity index (χ4n) is 1.75. The van der Waals surface area contributed by atoms with Crippen LogP contribution in [0.15, 0.2) is 18.3 Å². The van der Waals surface area contributed by atoms with Gasteiger partial charge in [-0.1, -0.05) is 29.9 Å². The highest BCUT2D eigenvalue weighted by Gasteiger charge is 2.14. The summed E-state index contributed by atoms with van der Waals surface area (Å²) in [6.07, 6.45) is 5.34. The van der Waals surface area contributed by atoms with Gasteiger partial charge >= 0.3 is 0 Å². The predicted octanol–water partition coefficient (Wildman–Crippen LogP) is 3.05. The summed E-state index contributed by atoms with van der Waals surface area (Å²) in [6.45, 7) is 1.93. The van der Waals surface area contributed by atoms with Gasteiger partial charge in [-0.15, -0.1) is 0 Å². The number of likely N-dealkylation sites (tertiary alicyclic amines) is 1. The number of hydrogen-bond donors (Lipinski definition) is 0. The van der Waals surface area contributed by atoms with Gasteiger partial charge in [0.15, 0.2) is 0 Å². The maximum absolute atomic E-state index is 5.73. The molecule has 0 amide bonds. The molecule has 0 aromatic carbocycles. The van der Waals surface area contributed by atoms with Crippen molar-refractivity contribution in [2.24, 2.45) is 0 Å². The van der Waals surface area contributed by atoms with Crippen LogP contribution in [0.5, 0.6) is 0 Å². The second kappa shape index (κ2) is 4.90. The normalized spacial score (nSPS) is 16.9. The first-order valence-electron chi connectivity index (χ1n) is 5.14. The van der Waals surface area contributed by atoms with Crippen molar-refractivity contribution in [3.05, 3.63) is 29.0 Å². The fourth-order valence-corrected chi connectivity index (χ4v) is 2.16. The number of hydrogen-bond acceptors (Lipinski definition) is 2. The lowest BCUT2D eigenvalue weighted by atomic mass is 10.1. The van der Waals surface area contributed by atoms with E-state index in [0.717, 1.165) is 24.5 Å². The van der Waals surface area contributed by atoms with E-state index >= 15 is 0 Å². The predicted molar refractivity (Wildman–Crippen MR) is 66.1 cm³/mol. The highest BCUT2D eigenvalue weighted by molar-refractivity contribution is 7.80. The third-order valence-electron chi connectivity index (χ3n) is 2.58. The molecule has 0 radical (unpaired) electrons. The third kappa shape index (κ3) is 2.89. The highest BCUT2D eigenvalue weighted by Crippen LogP contribution is 2.15. The van der Waals surface area contributed by atoms with E-state index in [2.05, 4.69) is 9.88 Å². The van der Waals surface area contributed by atoms with Crippen LogP contribution in [0, 0.1) is 0 Å². The molecule has 0 N–H and O–H groups in total. The van der Waals surface area contributed by atoms with Crippen LogP contribution in [0.1, 0.15) is 24.8 Å².